The Labute approximate surface area is 208 Å². The average Bonchev–Trinajstić information content (AvgIpc) is 3.23. The molecule has 36 heavy (non-hydrogen) atoms. The van der Waals surface area contributed by atoms with Gasteiger partial charge in [0.25, 0.3) is 11.5 Å². The molecule has 4 rings (SSSR count). The summed E-state index contributed by atoms with van der Waals surface area (Å²) in [6.45, 7) is 2.96. The summed E-state index contributed by atoms with van der Waals surface area (Å²) >= 11 is 0. The minimum absolute atomic E-state index is 0.0744. The average molecular weight is 488 g/mol. The van der Waals surface area contributed by atoms with E-state index in [1.54, 1.807) is 42.8 Å². The van der Waals surface area contributed by atoms with Crippen LogP contribution >= 0.6 is 0 Å². The van der Waals surface area contributed by atoms with Crippen LogP contribution in [0.4, 0.5) is 5.82 Å². The van der Waals surface area contributed by atoms with Crippen molar-refractivity contribution in [3.05, 3.63) is 61.8 Å². The second-order valence-electron chi connectivity index (χ2n) is 8.84. The molecule has 3 heterocycles. The monoisotopic (exact) mass is 487 g/mol. The zero-order chi connectivity index (χ0) is 26.0. The van der Waals surface area contributed by atoms with E-state index in [1.807, 2.05) is 4.90 Å². The molecule has 3 aromatic rings. The van der Waals surface area contributed by atoms with E-state index in [0.29, 0.717) is 30.0 Å². The summed E-state index contributed by atoms with van der Waals surface area (Å²) in [6, 6.07) is 8.87. The highest BCUT2D eigenvalue weighted by molar-refractivity contribution is 6.11. The minimum atomic E-state index is -0.578. The zero-order valence-corrected chi connectivity index (χ0v) is 20.7. The lowest BCUT2D eigenvalue weighted by Gasteiger charge is -2.33. The number of hydrogen-bond donors (Lipinski definition) is 2. The van der Waals surface area contributed by atoms with Gasteiger partial charge in [0, 0.05) is 33.2 Å². The predicted octanol–water partition coefficient (Wildman–Crippen LogP) is 0.732. The summed E-state index contributed by atoms with van der Waals surface area (Å²) in [5, 5.41) is 12.2. The van der Waals surface area contributed by atoms with E-state index < -0.39 is 17.2 Å². The van der Waals surface area contributed by atoms with Crippen molar-refractivity contribution in [3.63, 3.8) is 0 Å². The minimum Gasteiger partial charge on any atom is -0.356 e. The van der Waals surface area contributed by atoms with E-state index in [0.717, 1.165) is 17.4 Å². The Morgan fingerprint density at radius 3 is 2.64 bits per heavy atom. The van der Waals surface area contributed by atoms with Gasteiger partial charge in [-0.1, -0.05) is 24.1 Å². The molecule has 1 aliphatic heterocycles. The molecule has 0 aliphatic carbocycles. The van der Waals surface area contributed by atoms with Gasteiger partial charge in [-0.2, -0.15) is 5.26 Å². The van der Waals surface area contributed by atoms with Crippen molar-refractivity contribution < 1.29 is 4.79 Å². The van der Waals surface area contributed by atoms with Gasteiger partial charge in [0.1, 0.15) is 16.9 Å². The van der Waals surface area contributed by atoms with Gasteiger partial charge in [-0.15, -0.1) is 5.92 Å². The third-order valence-electron chi connectivity index (χ3n) is 6.60. The van der Waals surface area contributed by atoms with Crippen molar-refractivity contribution in [3.8, 4) is 17.9 Å². The van der Waals surface area contributed by atoms with Crippen LogP contribution in [-0.4, -0.2) is 45.8 Å². The van der Waals surface area contributed by atoms with E-state index in [4.69, 9.17) is 5.73 Å². The normalized spacial score (nSPS) is 15.3. The molecule has 1 aliphatic rings. The lowest BCUT2D eigenvalue weighted by atomic mass is 10.1. The molecule has 0 radical (unpaired) electrons. The van der Waals surface area contributed by atoms with Crippen molar-refractivity contribution in [1.82, 2.24) is 19.0 Å². The number of fused-ring (bicyclic) bond motifs is 1. The number of piperidine rings is 1. The molecule has 1 aromatic carbocycles. The maximum atomic E-state index is 13.9. The first-order valence-electron chi connectivity index (χ1n) is 11.8. The molecule has 0 spiro atoms. The Kier molecular flexibility index (Phi) is 7.00. The molecule has 3 N–H and O–H groups in total. The first-order chi connectivity index (χ1) is 17.3. The number of carbonyl (C=O) groups is 1. The molecule has 0 bridgehead atoms. The Hall–Kier alpha value is -4.28. The van der Waals surface area contributed by atoms with Crippen LogP contribution in [-0.2, 0) is 20.1 Å². The van der Waals surface area contributed by atoms with E-state index in [2.05, 4.69) is 23.2 Å². The molecule has 1 atom stereocenters. The van der Waals surface area contributed by atoms with Crippen LogP contribution in [0.2, 0.25) is 0 Å². The van der Waals surface area contributed by atoms with Crippen molar-refractivity contribution >= 4 is 22.8 Å². The Morgan fingerprint density at radius 1 is 1.22 bits per heavy atom. The molecule has 2 aromatic heterocycles. The summed E-state index contributed by atoms with van der Waals surface area (Å²) < 4.78 is 4.16. The highest BCUT2D eigenvalue weighted by Crippen LogP contribution is 2.32. The van der Waals surface area contributed by atoms with Gasteiger partial charge in [-0.3, -0.25) is 18.7 Å². The van der Waals surface area contributed by atoms with Crippen molar-refractivity contribution in [2.45, 2.75) is 38.9 Å². The summed E-state index contributed by atoms with van der Waals surface area (Å²) in [6.07, 6.45) is 1.70. The molecule has 186 valence electrons. The summed E-state index contributed by atoms with van der Waals surface area (Å²) in [5.41, 5.74) is 6.79. The number of carbonyl (C=O) groups excluding carboxylic acids is 1. The van der Waals surface area contributed by atoms with Crippen molar-refractivity contribution in [2.24, 2.45) is 12.8 Å². The SMILES string of the molecule is CC#CCn1c(N2CCC[C@@H](N)C2)c(C(=O)NC)c2c1c(=O)n(Cc1ccccc1C#N)c(=O)n2C. The third-order valence-corrected chi connectivity index (χ3v) is 6.60. The van der Waals surface area contributed by atoms with Gasteiger partial charge in [-0.05, 0) is 31.4 Å². The van der Waals surface area contributed by atoms with Gasteiger partial charge in [0.2, 0.25) is 0 Å². The van der Waals surface area contributed by atoms with E-state index >= 15 is 0 Å². The molecular weight excluding hydrogens is 458 g/mol. The number of hydrogen-bond acceptors (Lipinski definition) is 6. The summed E-state index contributed by atoms with van der Waals surface area (Å²) in [4.78, 5) is 42.6. The first kappa shape index (κ1) is 24.8. The molecule has 0 unspecified atom stereocenters. The fourth-order valence-electron chi connectivity index (χ4n) is 4.88. The van der Waals surface area contributed by atoms with E-state index in [-0.39, 0.29) is 35.7 Å². The first-order valence-corrected chi connectivity index (χ1v) is 11.8. The summed E-state index contributed by atoms with van der Waals surface area (Å²) in [5.74, 6) is 6.00. The number of nitrogens with two attached hydrogens (primary N) is 1. The van der Waals surface area contributed by atoms with Gasteiger partial charge < -0.3 is 20.5 Å². The molecule has 10 nitrogen and oxygen atoms in total. The molecular formula is C26H29N7O3. The van der Waals surface area contributed by atoms with Crippen LogP contribution in [0.25, 0.3) is 11.0 Å². The van der Waals surface area contributed by atoms with Crippen molar-refractivity contribution in [2.75, 3.05) is 25.0 Å². The smallest absolute Gasteiger partial charge is 0.331 e. The van der Waals surface area contributed by atoms with Crippen LogP contribution in [0.15, 0.2) is 33.9 Å². The van der Waals surface area contributed by atoms with Gasteiger partial charge in [-0.25, -0.2) is 4.79 Å². The highest BCUT2D eigenvalue weighted by Gasteiger charge is 2.32. The fraction of sp³-hybridized carbons (Fsp3) is 0.385. The van der Waals surface area contributed by atoms with Gasteiger partial charge >= 0.3 is 5.69 Å². The molecule has 10 heteroatoms. The molecule has 0 saturated carbocycles. The number of nitriles is 1. The summed E-state index contributed by atoms with van der Waals surface area (Å²) in [7, 11) is 3.06. The fourth-order valence-corrected chi connectivity index (χ4v) is 4.88. The Bertz CT molecular complexity index is 1560. The number of amides is 1. The van der Waals surface area contributed by atoms with Crippen LogP contribution in [0.1, 0.15) is 41.3 Å². The lowest BCUT2D eigenvalue weighted by molar-refractivity contribution is 0.0964. The number of benzene rings is 1. The number of rotatable bonds is 5. The number of aryl methyl sites for hydroxylation is 1. The maximum absolute atomic E-state index is 13.9. The lowest BCUT2D eigenvalue weighted by Crippen LogP contribution is -2.44. The van der Waals surface area contributed by atoms with Crippen LogP contribution in [0, 0.1) is 23.2 Å². The quantitative estimate of drug-likeness (QED) is 0.510. The van der Waals surface area contributed by atoms with E-state index in [9.17, 15) is 19.6 Å². The second-order valence-corrected chi connectivity index (χ2v) is 8.84. The second kappa shape index (κ2) is 10.1. The third kappa shape index (κ3) is 4.16. The van der Waals surface area contributed by atoms with Gasteiger partial charge in [0.05, 0.1) is 30.2 Å². The van der Waals surface area contributed by atoms with Crippen LogP contribution in [0.3, 0.4) is 0 Å². The van der Waals surface area contributed by atoms with Crippen molar-refractivity contribution in [1.29, 1.82) is 5.26 Å². The largest absolute Gasteiger partial charge is 0.356 e. The Morgan fingerprint density at radius 2 is 1.97 bits per heavy atom. The van der Waals surface area contributed by atoms with Crippen LogP contribution in [0.5, 0.6) is 0 Å². The Balaban J connectivity index is 2.09. The van der Waals surface area contributed by atoms with Crippen LogP contribution < -0.4 is 27.2 Å². The topological polar surface area (TPSA) is 131 Å². The maximum Gasteiger partial charge on any atom is 0.331 e. The zero-order valence-electron chi connectivity index (χ0n) is 20.7. The standard InChI is InChI=1S/C26H29N7O3/c1-4-5-13-32-22-21(20(23(34)29-2)24(32)31-12-8-11-19(28)16-31)30(3)26(36)33(25(22)35)15-18-10-7-6-9-17(18)14-27/h6-7,9-10,19H,8,11-13,15-16,28H2,1-3H3,(H,29,34)/t19-/m1/s1. The number of anilines is 1. The molecule has 1 fully saturated rings. The number of aromatic nitrogens is 3. The number of nitrogens with zero attached hydrogens (tertiary/aromatic N) is 5. The number of nitrogens with one attached hydrogen (secondary N) is 1. The molecule has 1 saturated heterocycles. The van der Waals surface area contributed by atoms with E-state index in [1.165, 1.54) is 11.6 Å². The highest BCUT2D eigenvalue weighted by atomic mass is 16.2. The van der Waals surface area contributed by atoms with Gasteiger partial charge in [0.15, 0.2) is 0 Å². The molecule has 1 amide bonds. The predicted molar refractivity (Wildman–Crippen MR) is 138 cm³/mol.